The van der Waals surface area contributed by atoms with Crippen molar-refractivity contribution >= 4 is 39.0 Å². The molecule has 8 nitrogen and oxygen atoms in total. The monoisotopic (exact) mass is 458 g/mol. The number of methoxy groups -OCH3 is 1. The van der Waals surface area contributed by atoms with Crippen LogP contribution in [0.15, 0.2) is 40.9 Å². The number of nitro benzene ring substituents is 1. The van der Waals surface area contributed by atoms with Crippen LogP contribution in [0.3, 0.4) is 0 Å². The van der Waals surface area contributed by atoms with E-state index in [1.807, 2.05) is 0 Å². The van der Waals surface area contributed by atoms with Crippen LogP contribution in [0.2, 0.25) is 0 Å². The number of anilines is 1. The summed E-state index contributed by atoms with van der Waals surface area (Å²) < 4.78 is 5.53. The molecular weight excluding hydrogens is 444 g/mol. The highest BCUT2D eigenvalue weighted by Crippen LogP contribution is 2.44. The van der Waals surface area contributed by atoms with E-state index in [0.717, 1.165) is 6.07 Å². The summed E-state index contributed by atoms with van der Waals surface area (Å²) in [4.78, 5) is 37.5. The molecule has 0 radical (unpaired) electrons. The van der Waals surface area contributed by atoms with E-state index in [1.165, 1.54) is 24.1 Å². The number of rotatable bonds is 6. The Morgan fingerprint density at radius 2 is 2.10 bits per heavy atom. The summed E-state index contributed by atoms with van der Waals surface area (Å²) in [5.41, 5.74) is -1.90. The van der Waals surface area contributed by atoms with Gasteiger partial charge < -0.3 is 9.84 Å². The Labute approximate surface area is 174 Å². The molecule has 2 aromatic carbocycles. The average Bonchev–Trinajstić information content (AvgIpc) is 2.89. The molecule has 0 fully saturated rings. The number of fused-ring (bicyclic) bond motifs is 1. The molecule has 3 rings (SSSR count). The zero-order chi connectivity index (χ0) is 21.3. The van der Waals surface area contributed by atoms with Crippen molar-refractivity contribution < 1.29 is 24.4 Å². The van der Waals surface area contributed by atoms with Crippen LogP contribution in [0.1, 0.15) is 22.3 Å². The van der Waals surface area contributed by atoms with E-state index in [1.54, 1.807) is 18.2 Å². The molecular formula is C20H15BrN2O6. The van der Waals surface area contributed by atoms with Crippen molar-refractivity contribution in [3.63, 3.8) is 0 Å². The van der Waals surface area contributed by atoms with Gasteiger partial charge >= 0.3 is 5.69 Å². The molecule has 0 bridgehead atoms. The first-order chi connectivity index (χ1) is 13.7. The predicted molar refractivity (Wildman–Crippen MR) is 108 cm³/mol. The summed E-state index contributed by atoms with van der Waals surface area (Å²) in [7, 11) is 1.28. The molecule has 2 aromatic rings. The third-order valence-corrected chi connectivity index (χ3v) is 5.15. The number of aliphatic hydroxyl groups is 1. The number of hydrogen-bond donors (Lipinski definition) is 1. The van der Waals surface area contributed by atoms with Crippen LogP contribution in [0.25, 0.3) is 0 Å². The van der Waals surface area contributed by atoms with Gasteiger partial charge in [-0.3, -0.25) is 24.6 Å². The lowest BCUT2D eigenvalue weighted by Gasteiger charge is -2.22. The van der Waals surface area contributed by atoms with E-state index in [4.69, 9.17) is 11.2 Å². The molecule has 148 valence electrons. The molecule has 9 heteroatoms. The average molecular weight is 459 g/mol. The Morgan fingerprint density at radius 1 is 1.38 bits per heavy atom. The van der Waals surface area contributed by atoms with E-state index in [2.05, 4.69) is 21.9 Å². The fraction of sp³-hybridized carbons (Fsp3) is 0.200. The van der Waals surface area contributed by atoms with Gasteiger partial charge in [0.05, 0.1) is 30.7 Å². The molecule has 1 N–H and O–H groups in total. The zero-order valence-corrected chi connectivity index (χ0v) is 16.8. The maximum atomic E-state index is 12.9. The Hall–Kier alpha value is -3.22. The highest BCUT2D eigenvalue weighted by atomic mass is 79.9. The Kier molecular flexibility index (Phi) is 5.42. The van der Waals surface area contributed by atoms with E-state index in [0.29, 0.717) is 10.2 Å². The molecule has 1 amide bonds. The lowest BCUT2D eigenvalue weighted by atomic mass is 9.88. The molecule has 1 heterocycles. The fourth-order valence-corrected chi connectivity index (χ4v) is 3.64. The van der Waals surface area contributed by atoms with Crippen LogP contribution < -0.4 is 9.64 Å². The minimum atomic E-state index is -2.14. The molecule has 0 spiro atoms. The minimum absolute atomic E-state index is 0.00308. The standard InChI is InChI=1S/C20H15BrN2O6/c1-3-8-22-15-6-5-13(21)10-14(15)20(26,19(22)25)11-17(24)12-4-7-18(29-2)16(9-12)23(27)28/h1,4-7,9-10,26H,8,11H2,2H3/t20-/m0/s1. The number of ketones is 1. The molecule has 1 aliphatic rings. The number of halogens is 1. The highest BCUT2D eigenvalue weighted by Gasteiger charge is 2.51. The fourth-order valence-electron chi connectivity index (χ4n) is 3.28. The summed E-state index contributed by atoms with van der Waals surface area (Å²) in [5.74, 6) is 0.995. The van der Waals surface area contributed by atoms with Gasteiger partial charge in [-0.05, 0) is 30.3 Å². The van der Waals surface area contributed by atoms with Crippen LogP contribution >= 0.6 is 15.9 Å². The lowest BCUT2D eigenvalue weighted by Crippen LogP contribution is -2.42. The van der Waals surface area contributed by atoms with Crippen molar-refractivity contribution in [2.45, 2.75) is 12.0 Å². The van der Waals surface area contributed by atoms with Gasteiger partial charge in [0, 0.05) is 21.7 Å². The number of ether oxygens (including phenoxy) is 1. The van der Waals surface area contributed by atoms with Crippen LogP contribution in [0.4, 0.5) is 11.4 Å². The van der Waals surface area contributed by atoms with Gasteiger partial charge in [0.1, 0.15) is 0 Å². The molecule has 0 saturated carbocycles. The van der Waals surface area contributed by atoms with E-state index < -0.39 is 28.6 Å². The van der Waals surface area contributed by atoms with Gasteiger partial charge in [0.15, 0.2) is 17.1 Å². The quantitative estimate of drug-likeness (QED) is 0.308. The van der Waals surface area contributed by atoms with Gasteiger partial charge in [-0.15, -0.1) is 6.42 Å². The largest absolute Gasteiger partial charge is 0.490 e. The number of amides is 1. The normalized spacial score (nSPS) is 17.6. The van der Waals surface area contributed by atoms with Crippen LogP contribution in [0, 0.1) is 22.5 Å². The number of nitro groups is 1. The predicted octanol–water partition coefficient (Wildman–Crippen LogP) is 2.81. The van der Waals surface area contributed by atoms with Crippen LogP contribution in [-0.2, 0) is 10.4 Å². The lowest BCUT2D eigenvalue weighted by molar-refractivity contribution is -0.385. The minimum Gasteiger partial charge on any atom is -0.490 e. The number of benzene rings is 2. The SMILES string of the molecule is C#CCN1C(=O)[C@](O)(CC(=O)c2ccc(OC)c([N+](=O)[O-])c2)c2cc(Br)ccc21. The zero-order valence-electron chi connectivity index (χ0n) is 15.2. The molecule has 29 heavy (non-hydrogen) atoms. The summed E-state index contributed by atoms with van der Waals surface area (Å²) in [6.07, 6.45) is 4.74. The van der Waals surface area contributed by atoms with Gasteiger partial charge in [-0.1, -0.05) is 21.9 Å². The van der Waals surface area contributed by atoms with Gasteiger partial charge in [0.25, 0.3) is 5.91 Å². The number of nitrogens with zero attached hydrogens (tertiary/aromatic N) is 2. The highest BCUT2D eigenvalue weighted by molar-refractivity contribution is 9.10. The number of carbonyl (C=O) groups is 2. The van der Waals surface area contributed by atoms with Crippen LogP contribution in [0.5, 0.6) is 5.75 Å². The van der Waals surface area contributed by atoms with Crippen molar-refractivity contribution in [1.29, 1.82) is 0 Å². The Balaban J connectivity index is 2.01. The first kappa shape index (κ1) is 20.5. The van der Waals surface area contributed by atoms with E-state index >= 15 is 0 Å². The number of carbonyl (C=O) groups excluding carboxylic acids is 2. The maximum absolute atomic E-state index is 12.9. The van der Waals surface area contributed by atoms with Gasteiger partial charge in [0.2, 0.25) is 0 Å². The third kappa shape index (κ3) is 3.48. The topological polar surface area (TPSA) is 110 Å². The summed E-state index contributed by atoms with van der Waals surface area (Å²) in [6.45, 7) is -0.0715. The van der Waals surface area contributed by atoms with E-state index in [9.17, 15) is 24.8 Å². The molecule has 1 aliphatic heterocycles. The third-order valence-electron chi connectivity index (χ3n) is 4.66. The second-order valence-corrected chi connectivity index (χ2v) is 7.28. The second-order valence-electron chi connectivity index (χ2n) is 6.36. The summed E-state index contributed by atoms with van der Waals surface area (Å²) in [5, 5.41) is 22.4. The van der Waals surface area contributed by atoms with Crippen molar-refractivity contribution in [3.05, 3.63) is 62.1 Å². The second kappa shape index (κ2) is 7.66. The summed E-state index contributed by atoms with van der Waals surface area (Å²) >= 11 is 3.29. The van der Waals surface area contributed by atoms with Crippen molar-refractivity contribution in [3.8, 4) is 18.1 Å². The molecule has 0 aliphatic carbocycles. The van der Waals surface area contributed by atoms with Gasteiger partial charge in [-0.2, -0.15) is 0 Å². The maximum Gasteiger partial charge on any atom is 0.311 e. The van der Waals surface area contributed by atoms with Crippen LogP contribution in [-0.4, -0.2) is 35.4 Å². The molecule has 0 aromatic heterocycles. The Bertz CT molecular complexity index is 1080. The first-order valence-electron chi connectivity index (χ1n) is 8.36. The smallest absolute Gasteiger partial charge is 0.311 e. The van der Waals surface area contributed by atoms with Gasteiger partial charge in [-0.25, -0.2) is 0 Å². The van der Waals surface area contributed by atoms with Crippen molar-refractivity contribution in [1.82, 2.24) is 0 Å². The Morgan fingerprint density at radius 3 is 2.72 bits per heavy atom. The van der Waals surface area contributed by atoms with E-state index in [-0.39, 0.29) is 29.1 Å². The van der Waals surface area contributed by atoms with Crippen molar-refractivity contribution in [2.75, 3.05) is 18.6 Å². The molecule has 1 atom stereocenters. The first-order valence-corrected chi connectivity index (χ1v) is 9.15. The van der Waals surface area contributed by atoms with Crippen molar-refractivity contribution in [2.24, 2.45) is 0 Å². The number of Topliss-reactive ketones (excluding diaryl/α,β-unsaturated/α-hetero) is 1. The molecule has 0 saturated heterocycles. The number of terminal acetylenes is 1. The number of hydrogen-bond acceptors (Lipinski definition) is 6. The molecule has 0 unspecified atom stereocenters. The summed E-state index contributed by atoms with van der Waals surface area (Å²) in [6, 6.07) is 8.56.